The zero-order chi connectivity index (χ0) is 20.3. The molecule has 0 aromatic heterocycles. The monoisotopic (exact) mass is 417 g/mol. The van der Waals surface area contributed by atoms with Crippen molar-refractivity contribution in [3.05, 3.63) is 64.2 Å². The second kappa shape index (κ2) is 8.67. The van der Waals surface area contributed by atoms with Crippen LogP contribution in [0.2, 0.25) is 0 Å². The number of ketones is 3. The van der Waals surface area contributed by atoms with Crippen molar-refractivity contribution >= 4 is 52.1 Å². The van der Waals surface area contributed by atoms with Crippen LogP contribution in [0.1, 0.15) is 50.2 Å². The van der Waals surface area contributed by atoms with Gasteiger partial charge in [0, 0.05) is 47.7 Å². The first-order valence-electron chi connectivity index (χ1n) is 8.75. The Morgan fingerprint density at radius 3 is 2.11 bits per heavy atom. The van der Waals surface area contributed by atoms with Crippen LogP contribution in [0.15, 0.2) is 36.4 Å². The van der Waals surface area contributed by atoms with E-state index in [1.165, 1.54) is 6.07 Å². The number of hydrogen-bond acceptors (Lipinski definition) is 4. The number of nitrogens with one attached hydrogen (secondary N) is 1. The lowest BCUT2D eigenvalue weighted by Gasteiger charge is -2.22. The van der Waals surface area contributed by atoms with Crippen LogP contribution >= 0.6 is 23.2 Å². The van der Waals surface area contributed by atoms with Crippen molar-refractivity contribution < 1.29 is 19.2 Å². The van der Waals surface area contributed by atoms with Gasteiger partial charge in [0.1, 0.15) is 5.78 Å². The van der Waals surface area contributed by atoms with Crippen molar-refractivity contribution in [1.29, 1.82) is 0 Å². The van der Waals surface area contributed by atoms with Crippen molar-refractivity contribution in [2.75, 3.05) is 17.1 Å². The van der Waals surface area contributed by atoms with Gasteiger partial charge in [-0.1, -0.05) is 30.3 Å². The number of rotatable bonds is 7. The van der Waals surface area contributed by atoms with Gasteiger partial charge < -0.3 is 5.32 Å². The molecular weight excluding hydrogens is 401 g/mol. The van der Waals surface area contributed by atoms with E-state index in [1.807, 2.05) is 0 Å². The van der Waals surface area contributed by atoms with Gasteiger partial charge in [0.25, 0.3) is 0 Å². The highest BCUT2D eigenvalue weighted by Crippen LogP contribution is 2.34. The minimum Gasteiger partial charge on any atom is -0.325 e. The standard InChI is InChI=1S/C21H17Cl2NO4/c22-9-7-13(25)11-12-5-6-16-18(19(12)24-17(26)8-10-23)21(28)15-4-2-1-3-14(15)20(16)27/h1-6H,7-11H2,(H,24,26). The molecule has 1 aliphatic rings. The minimum absolute atomic E-state index is 0.000391. The zero-order valence-corrected chi connectivity index (χ0v) is 16.4. The van der Waals surface area contributed by atoms with Crippen LogP contribution in [0, 0.1) is 0 Å². The van der Waals surface area contributed by atoms with Gasteiger partial charge in [0.2, 0.25) is 5.91 Å². The third kappa shape index (κ3) is 3.86. The molecule has 2 aromatic carbocycles. The van der Waals surface area contributed by atoms with Crippen LogP contribution in [0.3, 0.4) is 0 Å². The number of carbonyl (C=O) groups is 4. The highest BCUT2D eigenvalue weighted by Gasteiger charge is 2.33. The third-order valence-electron chi connectivity index (χ3n) is 4.53. The van der Waals surface area contributed by atoms with E-state index in [9.17, 15) is 19.2 Å². The van der Waals surface area contributed by atoms with E-state index in [4.69, 9.17) is 23.2 Å². The van der Waals surface area contributed by atoms with Crippen LogP contribution in [0.4, 0.5) is 5.69 Å². The average molecular weight is 418 g/mol. The normalized spacial score (nSPS) is 12.4. The molecular formula is C21H17Cl2NO4. The Morgan fingerprint density at radius 2 is 1.46 bits per heavy atom. The first-order chi connectivity index (χ1) is 13.5. The molecule has 28 heavy (non-hydrogen) atoms. The molecule has 2 aromatic rings. The minimum atomic E-state index is -0.395. The van der Waals surface area contributed by atoms with Gasteiger partial charge in [-0.2, -0.15) is 0 Å². The smallest absolute Gasteiger partial charge is 0.225 e. The van der Waals surface area contributed by atoms with Gasteiger partial charge in [-0.25, -0.2) is 0 Å². The molecule has 0 fully saturated rings. The molecule has 1 aliphatic carbocycles. The van der Waals surface area contributed by atoms with Crippen LogP contribution < -0.4 is 5.32 Å². The van der Waals surface area contributed by atoms with E-state index in [0.717, 1.165) is 0 Å². The van der Waals surface area contributed by atoms with Gasteiger partial charge in [-0.05, 0) is 11.6 Å². The molecule has 7 heteroatoms. The van der Waals surface area contributed by atoms with E-state index < -0.39 is 5.91 Å². The molecule has 0 unspecified atom stereocenters. The summed E-state index contributed by atoms with van der Waals surface area (Å²) >= 11 is 11.3. The molecule has 0 radical (unpaired) electrons. The molecule has 0 bridgehead atoms. The number of halogens is 2. The summed E-state index contributed by atoms with van der Waals surface area (Å²) in [6.07, 6.45) is 0.210. The molecule has 0 atom stereocenters. The van der Waals surface area contributed by atoms with Gasteiger partial charge in [-0.3, -0.25) is 19.2 Å². The molecule has 1 N–H and O–H groups in total. The molecule has 0 saturated carbocycles. The van der Waals surface area contributed by atoms with Gasteiger partial charge in [0.05, 0.1) is 11.3 Å². The van der Waals surface area contributed by atoms with Crippen molar-refractivity contribution in [2.45, 2.75) is 19.3 Å². The lowest BCUT2D eigenvalue weighted by atomic mass is 9.81. The maximum atomic E-state index is 13.1. The molecule has 3 rings (SSSR count). The summed E-state index contributed by atoms with van der Waals surface area (Å²) in [6.45, 7) is 0. The quantitative estimate of drug-likeness (QED) is 0.593. The lowest BCUT2D eigenvalue weighted by molar-refractivity contribution is -0.118. The lowest BCUT2D eigenvalue weighted by Crippen LogP contribution is -2.25. The second-order valence-corrected chi connectivity index (χ2v) is 7.12. The summed E-state index contributed by atoms with van der Waals surface area (Å²) in [5.74, 6) is -0.888. The Hall–Kier alpha value is -2.50. The highest BCUT2D eigenvalue weighted by molar-refractivity contribution is 6.31. The maximum Gasteiger partial charge on any atom is 0.225 e. The van der Waals surface area contributed by atoms with Crippen LogP contribution in [-0.4, -0.2) is 35.0 Å². The number of hydrogen-bond donors (Lipinski definition) is 1. The molecule has 0 saturated heterocycles. The maximum absolute atomic E-state index is 13.1. The Labute approximate surface area is 172 Å². The van der Waals surface area contributed by atoms with Crippen molar-refractivity contribution in [1.82, 2.24) is 0 Å². The molecule has 0 heterocycles. The Kier molecular flexibility index (Phi) is 6.27. The zero-order valence-electron chi connectivity index (χ0n) is 14.9. The van der Waals surface area contributed by atoms with Crippen molar-refractivity contribution in [3.63, 3.8) is 0 Å². The first kappa shape index (κ1) is 20.2. The predicted octanol–water partition coefficient (Wildman–Crippen LogP) is 3.77. The molecule has 0 spiro atoms. The van der Waals surface area contributed by atoms with Gasteiger partial charge >= 0.3 is 0 Å². The predicted molar refractivity (Wildman–Crippen MR) is 108 cm³/mol. The Bertz CT molecular complexity index is 984. The molecule has 5 nitrogen and oxygen atoms in total. The third-order valence-corrected chi connectivity index (χ3v) is 4.90. The SMILES string of the molecule is O=C(CCCl)Cc1ccc2c(c1NC(=O)CCCl)C(=O)c1ccccc1C2=O. The van der Waals surface area contributed by atoms with E-state index >= 15 is 0 Å². The molecule has 1 amide bonds. The number of carbonyl (C=O) groups excluding carboxylic acids is 4. The highest BCUT2D eigenvalue weighted by atomic mass is 35.5. The summed E-state index contributed by atoms with van der Waals surface area (Å²) in [5.41, 5.74) is 1.59. The van der Waals surface area contributed by atoms with Crippen LogP contribution in [0.25, 0.3) is 0 Å². The average Bonchev–Trinajstić information content (AvgIpc) is 2.67. The van der Waals surface area contributed by atoms with Crippen LogP contribution in [-0.2, 0) is 16.0 Å². The molecule has 144 valence electrons. The van der Waals surface area contributed by atoms with Crippen LogP contribution in [0.5, 0.6) is 0 Å². The fourth-order valence-corrected chi connectivity index (χ4v) is 3.60. The summed E-state index contributed by atoms with van der Waals surface area (Å²) in [4.78, 5) is 50.3. The first-order valence-corrected chi connectivity index (χ1v) is 9.82. The number of Topliss-reactive ketones (excluding diaryl/α,β-unsaturated/α-hetero) is 1. The number of benzene rings is 2. The second-order valence-electron chi connectivity index (χ2n) is 6.37. The van der Waals surface area contributed by atoms with E-state index in [0.29, 0.717) is 11.1 Å². The fraction of sp³-hybridized carbons (Fsp3) is 0.238. The largest absolute Gasteiger partial charge is 0.325 e. The van der Waals surface area contributed by atoms with E-state index in [2.05, 4.69) is 5.32 Å². The number of amides is 1. The Balaban J connectivity index is 2.15. The fourth-order valence-electron chi connectivity index (χ4n) is 3.21. The topological polar surface area (TPSA) is 80.3 Å². The summed E-state index contributed by atoms with van der Waals surface area (Å²) in [6, 6.07) is 9.68. The van der Waals surface area contributed by atoms with E-state index in [1.54, 1.807) is 30.3 Å². The van der Waals surface area contributed by atoms with Gasteiger partial charge in [0.15, 0.2) is 11.6 Å². The molecule has 0 aliphatic heterocycles. The summed E-state index contributed by atoms with van der Waals surface area (Å²) < 4.78 is 0. The number of alkyl halides is 2. The van der Waals surface area contributed by atoms with Gasteiger partial charge in [-0.15, -0.1) is 23.2 Å². The summed E-state index contributed by atoms with van der Waals surface area (Å²) in [5, 5.41) is 2.69. The van der Waals surface area contributed by atoms with Crippen molar-refractivity contribution in [2.24, 2.45) is 0 Å². The van der Waals surface area contributed by atoms with Crippen molar-refractivity contribution in [3.8, 4) is 0 Å². The van der Waals surface area contributed by atoms with E-state index in [-0.39, 0.29) is 70.7 Å². The number of anilines is 1. The Morgan fingerprint density at radius 1 is 0.821 bits per heavy atom. The number of fused-ring (bicyclic) bond motifs is 2. The summed E-state index contributed by atoms with van der Waals surface area (Å²) in [7, 11) is 0.